The van der Waals surface area contributed by atoms with Crippen LogP contribution in [0.3, 0.4) is 0 Å². The number of aliphatic hydroxyl groups excluding tert-OH is 1. The Morgan fingerprint density at radius 3 is 2.39 bits per heavy atom. The number of carbonyl (C=O) groups is 5. The van der Waals surface area contributed by atoms with Gasteiger partial charge < -0.3 is 40.1 Å². The molecule has 3 atom stereocenters. The number of aromatic nitrogens is 2. The van der Waals surface area contributed by atoms with Gasteiger partial charge >= 0.3 is 0 Å². The first-order valence-corrected chi connectivity index (χ1v) is 23.9. The second kappa shape index (κ2) is 18.6. The largest absolute Gasteiger partial charge is 0.495 e. The van der Waals surface area contributed by atoms with E-state index in [9.17, 15) is 29.1 Å². The standard InChI is InChI=1S/C49H61F2N9O7/c1-4-37-46(66)57(2)38-25-52-47(55-42(38)60(37)31-9-5-6-10-31)53-36-13-11-29(22-39(36)67-3)43(63)56-49(19-21-61)17-15-48(16-18-49)27-59(28-48)45(65)30-8-7-20-58(26-30)32-23-34(50)41(35(51)24-32)33-12-14-40(62)54-44(33)64/h11,13,22-25,30-31,33,37,61H,4-10,12,14-21,26-28H2,1-3H3,(H,56,63)(H,52,53,55)(H,54,62,64)/t30-,33?,37+/m0/s1. The van der Waals surface area contributed by atoms with Gasteiger partial charge in [0.15, 0.2) is 5.82 Å². The van der Waals surface area contributed by atoms with Gasteiger partial charge in [0.1, 0.15) is 29.1 Å². The summed E-state index contributed by atoms with van der Waals surface area (Å²) < 4.78 is 36.5. The molecular weight excluding hydrogens is 865 g/mol. The molecule has 5 amide bonds. The minimum absolute atomic E-state index is 0.00816. The summed E-state index contributed by atoms with van der Waals surface area (Å²) in [4.78, 5) is 82.2. The molecule has 5 heterocycles. The molecule has 1 spiro atoms. The van der Waals surface area contributed by atoms with Gasteiger partial charge in [0.25, 0.3) is 5.91 Å². The number of fused-ring (bicyclic) bond motifs is 1. The van der Waals surface area contributed by atoms with Crippen LogP contribution in [0.5, 0.6) is 5.75 Å². The average molecular weight is 926 g/mol. The van der Waals surface area contributed by atoms with Gasteiger partial charge in [-0.25, -0.2) is 13.8 Å². The number of benzene rings is 2. The fraction of sp³-hybridized carbons (Fsp3) is 0.571. The summed E-state index contributed by atoms with van der Waals surface area (Å²) in [6, 6.07) is 7.51. The molecule has 1 aromatic heterocycles. The Balaban J connectivity index is 0.810. The van der Waals surface area contributed by atoms with Gasteiger partial charge in [-0.15, -0.1) is 0 Å². The highest BCUT2D eigenvalue weighted by Gasteiger charge is 2.52. The molecule has 16 nitrogen and oxygen atoms in total. The summed E-state index contributed by atoms with van der Waals surface area (Å²) in [7, 11) is 3.30. The molecule has 4 aliphatic heterocycles. The number of anilines is 5. The first kappa shape index (κ1) is 46.2. The van der Waals surface area contributed by atoms with Crippen LogP contribution in [0, 0.1) is 23.0 Å². The molecule has 358 valence electrons. The molecule has 2 aromatic carbocycles. The van der Waals surface area contributed by atoms with Gasteiger partial charge in [0.05, 0.1) is 30.8 Å². The van der Waals surface area contributed by atoms with Crippen molar-refractivity contribution < 1.29 is 42.6 Å². The van der Waals surface area contributed by atoms with Gasteiger partial charge in [-0.2, -0.15) is 4.98 Å². The van der Waals surface area contributed by atoms with E-state index in [0.29, 0.717) is 99.0 Å². The zero-order chi connectivity index (χ0) is 47.2. The maximum Gasteiger partial charge on any atom is 0.251 e. The fourth-order valence-electron chi connectivity index (χ4n) is 11.7. The summed E-state index contributed by atoms with van der Waals surface area (Å²) in [6.45, 7) is 3.94. The van der Waals surface area contributed by atoms with Crippen molar-refractivity contribution in [2.45, 2.75) is 120 Å². The van der Waals surface area contributed by atoms with Gasteiger partial charge in [-0.1, -0.05) is 19.8 Å². The predicted octanol–water partition coefficient (Wildman–Crippen LogP) is 5.70. The minimum Gasteiger partial charge on any atom is -0.495 e. The number of amides is 5. The number of likely N-dealkylation sites (tertiary alicyclic amines) is 1. The predicted molar refractivity (Wildman–Crippen MR) is 246 cm³/mol. The van der Waals surface area contributed by atoms with Crippen molar-refractivity contribution >= 4 is 58.4 Å². The van der Waals surface area contributed by atoms with E-state index in [-0.39, 0.29) is 66.2 Å². The molecule has 6 aliphatic rings. The van der Waals surface area contributed by atoms with Gasteiger partial charge in [-0.05, 0) is 101 Å². The van der Waals surface area contributed by atoms with Gasteiger partial charge in [0.2, 0.25) is 29.6 Å². The Morgan fingerprint density at radius 2 is 1.72 bits per heavy atom. The van der Waals surface area contributed by atoms with Crippen LogP contribution in [0.2, 0.25) is 0 Å². The van der Waals surface area contributed by atoms with Gasteiger partial charge in [0, 0.05) is 80.1 Å². The van der Waals surface area contributed by atoms with Crippen LogP contribution in [0.4, 0.5) is 37.6 Å². The Bertz CT molecular complexity index is 2410. The van der Waals surface area contributed by atoms with E-state index < -0.39 is 34.9 Å². The quantitative estimate of drug-likeness (QED) is 0.163. The topological polar surface area (TPSA) is 190 Å². The van der Waals surface area contributed by atoms with E-state index in [4.69, 9.17) is 9.72 Å². The number of likely N-dealkylation sites (N-methyl/N-ethyl adjacent to an activating group) is 1. The molecule has 4 N–H and O–H groups in total. The number of hydrogen-bond donors (Lipinski definition) is 4. The Labute approximate surface area is 389 Å². The molecule has 0 radical (unpaired) electrons. The van der Waals surface area contributed by atoms with Crippen LogP contribution < -0.4 is 35.4 Å². The van der Waals surface area contributed by atoms with Crippen LogP contribution in [-0.4, -0.2) is 114 Å². The van der Waals surface area contributed by atoms with Crippen molar-refractivity contribution in [3.8, 4) is 5.75 Å². The fourth-order valence-corrected chi connectivity index (χ4v) is 11.7. The third-order valence-corrected chi connectivity index (χ3v) is 15.5. The lowest BCUT2D eigenvalue weighted by Crippen LogP contribution is -2.64. The van der Waals surface area contributed by atoms with Gasteiger partial charge in [-0.3, -0.25) is 29.3 Å². The first-order chi connectivity index (χ1) is 32.2. The van der Waals surface area contributed by atoms with Crippen LogP contribution in [-0.2, 0) is 19.2 Å². The van der Waals surface area contributed by atoms with E-state index >= 15 is 8.78 Å². The smallest absolute Gasteiger partial charge is 0.251 e. The highest BCUT2D eigenvalue weighted by Crippen LogP contribution is 2.49. The molecule has 18 heteroatoms. The third kappa shape index (κ3) is 8.88. The zero-order valence-corrected chi connectivity index (χ0v) is 38.5. The number of rotatable bonds is 12. The number of nitrogens with one attached hydrogen (secondary N) is 3. The SMILES string of the molecule is CC[C@@H]1C(=O)N(C)c2cnc(Nc3ccc(C(=O)NC4(CCO)CCC5(CC4)CN(C(=O)[C@H]4CCCN(c6cc(F)c(C7CCC(=O)NC7=O)c(F)c6)C4)C5)cc3OC)nc2N1C1CCCC1. The molecule has 2 saturated carbocycles. The molecule has 9 rings (SSSR count). The minimum atomic E-state index is -1.08. The van der Waals surface area contributed by atoms with Crippen molar-refractivity contribution in [1.29, 1.82) is 0 Å². The highest BCUT2D eigenvalue weighted by atomic mass is 19.1. The Hall–Kier alpha value is -5.91. The number of carbonyl (C=O) groups excluding carboxylic acids is 5. The summed E-state index contributed by atoms with van der Waals surface area (Å²) in [5.41, 5.74) is 0.859. The normalized spacial score (nSPS) is 23.7. The van der Waals surface area contributed by atoms with Crippen LogP contribution >= 0.6 is 0 Å². The molecule has 67 heavy (non-hydrogen) atoms. The third-order valence-electron chi connectivity index (χ3n) is 15.5. The molecule has 1 unspecified atom stereocenters. The molecule has 0 bridgehead atoms. The summed E-state index contributed by atoms with van der Waals surface area (Å²) in [5.74, 6) is -3.04. The van der Waals surface area contributed by atoms with E-state index in [0.717, 1.165) is 44.3 Å². The number of methoxy groups -OCH3 is 1. The van der Waals surface area contributed by atoms with Crippen molar-refractivity contribution in [2.24, 2.45) is 11.3 Å². The summed E-state index contributed by atoms with van der Waals surface area (Å²) in [5, 5.41) is 18.9. The average Bonchev–Trinajstić information content (AvgIpc) is 3.85. The Kier molecular flexibility index (Phi) is 12.9. The van der Waals surface area contributed by atoms with Crippen molar-refractivity contribution in [2.75, 3.05) is 67.0 Å². The molecule has 2 aliphatic carbocycles. The van der Waals surface area contributed by atoms with Crippen molar-refractivity contribution in [3.63, 3.8) is 0 Å². The summed E-state index contributed by atoms with van der Waals surface area (Å²) >= 11 is 0. The lowest BCUT2D eigenvalue weighted by molar-refractivity contribution is -0.151. The number of halogens is 2. The van der Waals surface area contributed by atoms with Crippen molar-refractivity contribution in [3.05, 3.63) is 59.3 Å². The lowest BCUT2D eigenvalue weighted by Gasteiger charge is -2.56. The number of ether oxygens (including phenoxy) is 1. The number of piperidine rings is 2. The molecule has 3 saturated heterocycles. The van der Waals surface area contributed by atoms with E-state index in [2.05, 4.69) is 25.8 Å². The van der Waals surface area contributed by atoms with E-state index in [1.807, 2.05) is 16.7 Å². The van der Waals surface area contributed by atoms with Crippen LogP contribution in [0.25, 0.3) is 0 Å². The maximum atomic E-state index is 15.4. The number of imide groups is 1. The zero-order valence-electron chi connectivity index (χ0n) is 38.5. The lowest BCUT2D eigenvalue weighted by atomic mass is 9.62. The molecule has 5 fully saturated rings. The van der Waals surface area contributed by atoms with E-state index in [1.165, 1.54) is 19.2 Å². The summed E-state index contributed by atoms with van der Waals surface area (Å²) in [6.07, 6.45) is 11.1. The van der Waals surface area contributed by atoms with E-state index in [1.54, 1.807) is 36.3 Å². The second-order valence-electron chi connectivity index (χ2n) is 19.6. The first-order valence-electron chi connectivity index (χ1n) is 23.9. The number of hydrogen-bond acceptors (Lipinski definition) is 12. The van der Waals surface area contributed by atoms with Crippen LogP contribution in [0.15, 0.2) is 36.5 Å². The van der Waals surface area contributed by atoms with Crippen LogP contribution in [0.1, 0.15) is 119 Å². The second-order valence-corrected chi connectivity index (χ2v) is 19.6. The monoisotopic (exact) mass is 925 g/mol. The highest BCUT2D eigenvalue weighted by molar-refractivity contribution is 6.04. The Morgan fingerprint density at radius 1 is 0.985 bits per heavy atom. The molecular formula is C49H61F2N9O7. The maximum absolute atomic E-state index is 15.4. The van der Waals surface area contributed by atoms with Crippen molar-refractivity contribution in [1.82, 2.24) is 25.5 Å². The molecule has 3 aromatic rings. The number of nitrogens with zero attached hydrogens (tertiary/aromatic N) is 6. The number of aliphatic hydroxyl groups is 1.